The van der Waals surface area contributed by atoms with Gasteiger partial charge in [0.25, 0.3) is 0 Å². The van der Waals surface area contributed by atoms with E-state index in [0.717, 1.165) is 25.8 Å². The van der Waals surface area contributed by atoms with Crippen LogP contribution in [0.2, 0.25) is 0 Å². The first kappa shape index (κ1) is 14.6. The van der Waals surface area contributed by atoms with Crippen LogP contribution in [0.3, 0.4) is 0 Å². The highest BCUT2D eigenvalue weighted by atomic mass is 16.3. The van der Waals surface area contributed by atoms with Crippen molar-refractivity contribution in [1.29, 1.82) is 0 Å². The molecule has 2 N–H and O–H groups in total. The fraction of sp³-hybridized carbons (Fsp3) is 0.333. The first-order valence-corrected chi connectivity index (χ1v) is 7.29. The van der Waals surface area contributed by atoms with Gasteiger partial charge in [0.05, 0.1) is 0 Å². The second-order valence-electron chi connectivity index (χ2n) is 5.30. The molecule has 0 bridgehead atoms. The van der Waals surface area contributed by atoms with Crippen molar-refractivity contribution < 1.29 is 5.11 Å². The predicted molar refractivity (Wildman–Crippen MR) is 84.0 cm³/mol. The number of rotatable bonds is 7. The first-order valence-electron chi connectivity index (χ1n) is 7.29. The number of benzene rings is 2. The fourth-order valence-corrected chi connectivity index (χ4v) is 2.26. The van der Waals surface area contributed by atoms with Crippen LogP contribution in [0.15, 0.2) is 54.6 Å². The van der Waals surface area contributed by atoms with Gasteiger partial charge in [-0.15, -0.1) is 0 Å². The maximum atomic E-state index is 9.25. The Labute approximate surface area is 121 Å². The molecule has 0 fully saturated rings. The molecule has 106 valence electrons. The minimum Gasteiger partial charge on any atom is -0.508 e. The van der Waals surface area contributed by atoms with Crippen molar-refractivity contribution in [3.05, 3.63) is 65.7 Å². The monoisotopic (exact) mass is 269 g/mol. The van der Waals surface area contributed by atoms with E-state index in [1.165, 1.54) is 11.1 Å². The van der Waals surface area contributed by atoms with Gasteiger partial charge in [-0.1, -0.05) is 42.5 Å². The minimum atomic E-state index is 0.336. The second-order valence-corrected chi connectivity index (χ2v) is 5.30. The van der Waals surface area contributed by atoms with Gasteiger partial charge in [0.15, 0.2) is 0 Å². The predicted octanol–water partition coefficient (Wildman–Crippen LogP) is 3.55. The first-order chi connectivity index (χ1) is 9.74. The number of aromatic hydroxyl groups is 1. The Balaban J connectivity index is 1.65. The Morgan fingerprint density at radius 1 is 0.900 bits per heavy atom. The van der Waals surface area contributed by atoms with Gasteiger partial charge in [0.1, 0.15) is 5.75 Å². The molecule has 0 spiro atoms. The van der Waals surface area contributed by atoms with Crippen molar-refractivity contribution in [3.8, 4) is 5.75 Å². The lowest BCUT2D eigenvalue weighted by molar-refractivity contribution is 0.474. The average molecular weight is 269 g/mol. The van der Waals surface area contributed by atoms with Crippen LogP contribution >= 0.6 is 0 Å². The zero-order valence-electron chi connectivity index (χ0n) is 12.0. The summed E-state index contributed by atoms with van der Waals surface area (Å²) >= 11 is 0. The van der Waals surface area contributed by atoms with Gasteiger partial charge < -0.3 is 10.4 Å². The van der Waals surface area contributed by atoms with Crippen molar-refractivity contribution in [3.63, 3.8) is 0 Å². The number of aryl methyl sites for hydroxylation is 1. The van der Waals surface area contributed by atoms with Gasteiger partial charge in [0.2, 0.25) is 0 Å². The molecule has 0 aliphatic heterocycles. The van der Waals surface area contributed by atoms with Crippen molar-refractivity contribution in [2.75, 3.05) is 6.54 Å². The van der Waals surface area contributed by atoms with Gasteiger partial charge in [-0.3, -0.25) is 0 Å². The van der Waals surface area contributed by atoms with E-state index in [9.17, 15) is 5.11 Å². The van der Waals surface area contributed by atoms with Crippen LogP contribution in [-0.2, 0) is 12.8 Å². The molecule has 0 saturated carbocycles. The number of nitrogens with one attached hydrogen (secondary N) is 1. The van der Waals surface area contributed by atoms with Crippen molar-refractivity contribution >= 4 is 0 Å². The zero-order chi connectivity index (χ0) is 14.2. The van der Waals surface area contributed by atoms with E-state index >= 15 is 0 Å². The molecule has 2 nitrogen and oxygen atoms in total. The van der Waals surface area contributed by atoms with E-state index in [-0.39, 0.29) is 0 Å². The summed E-state index contributed by atoms with van der Waals surface area (Å²) < 4.78 is 0. The summed E-state index contributed by atoms with van der Waals surface area (Å²) in [6.45, 7) is 3.24. The summed E-state index contributed by atoms with van der Waals surface area (Å²) in [7, 11) is 0. The third-order valence-electron chi connectivity index (χ3n) is 3.55. The molecular weight excluding hydrogens is 246 g/mol. The normalized spacial score (nSPS) is 12.2. The second kappa shape index (κ2) is 7.71. The molecule has 1 unspecified atom stereocenters. The van der Waals surface area contributed by atoms with Crippen LogP contribution < -0.4 is 5.32 Å². The number of hydrogen-bond donors (Lipinski definition) is 2. The molecule has 0 aliphatic carbocycles. The smallest absolute Gasteiger partial charge is 0.115 e. The van der Waals surface area contributed by atoms with Gasteiger partial charge in [-0.2, -0.15) is 0 Å². The topological polar surface area (TPSA) is 32.3 Å². The van der Waals surface area contributed by atoms with Gasteiger partial charge in [-0.25, -0.2) is 0 Å². The molecule has 0 aliphatic rings. The quantitative estimate of drug-likeness (QED) is 0.805. The third-order valence-corrected chi connectivity index (χ3v) is 3.55. The van der Waals surface area contributed by atoms with Crippen LogP contribution in [0.4, 0.5) is 0 Å². The van der Waals surface area contributed by atoms with Crippen LogP contribution in [-0.4, -0.2) is 17.7 Å². The van der Waals surface area contributed by atoms with Crippen molar-refractivity contribution in [2.24, 2.45) is 0 Å². The van der Waals surface area contributed by atoms with Gasteiger partial charge in [-0.05, 0) is 56.0 Å². The van der Waals surface area contributed by atoms with E-state index in [0.29, 0.717) is 11.8 Å². The Kier molecular flexibility index (Phi) is 5.63. The van der Waals surface area contributed by atoms with E-state index in [4.69, 9.17) is 0 Å². The van der Waals surface area contributed by atoms with Crippen molar-refractivity contribution in [2.45, 2.75) is 32.2 Å². The van der Waals surface area contributed by atoms with Crippen LogP contribution in [0.1, 0.15) is 24.5 Å². The fourth-order valence-electron chi connectivity index (χ4n) is 2.26. The summed E-state index contributed by atoms with van der Waals surface area (Å²) in [4.78, 5) is 0. The number of phenols is 1. The molecular formula is C18H23NO. The van der Waals surface area contributed by atoms with E-state index < -0.39 is 0 Å². The van der Waals surface area contributed by atoms with Crippen LogP contribution in [0, 0.1) is 0 Å². The lowest BCUT2D eigenvalue weighted by Crippen LogP contribution is -2.28. The van der Waals surface area contributed by atoms with Gasteiger partial charge >= 0.3 is 0 Å². The summed E-state index contributed by atoms with van der Waals surface area (Å²) in [5.74, 6) is 0.336. The summed E-state index contributed by atoms with van der Waals surface area (Å²) in [5, 5.41) is 12.8. The van der Waals surface area contributed by atoms with E-state index in [1.54, 1.807) is 12.1 Å². The molecule has 2 aromatic carbocycles. The zero-order valence-corrected chi connectivity index (χ0v) is 12.0. The maximum absolute atomic E-state index is 9.25. The average Bonchev–Trinajstić information content (AvgIpc) is 2.48. The maximum Gasteiger partial charge on any atom is 0.115 e. The van der Waals surface area contributed by atoms with Gasteiger partial charge in [0, 0.05) is 6.04 Å². The summed E-state index contributed by atoms with van der Waals surface area (Å²) in [5.41, 5.74) is 2.66. The Hall–Kier alpha value is -1.80. The third kappa shape index (κ3) is 5.06. The van der Waals surface area contributed by atoms with E-state index in [1.807, 2.05) is 12.1 Å². The largest absolute Gasteiger partial charge is 0.508 e. The molecule has 0 heterocycles. The number of phenolic OH excluding ortho intramolecular Hbond substituents is 1. The van der Waals surface area contributed by atoms with Crippen molar-refractivity contribution in [1.82, 2.24) is 5.32 Å². The lowest BCUT2D eigenvalue weighted by atomic mass is 10.1. The van der Waals surface area contributed by atoms with E-state index in [2.05, 4.69) is 42.6 Å². The molecule has 20 heavy (non-hydrogen) atoms. The molecule has 2 aromatic rings. The SMILES string of the molecule is CC(CCc1ccc(O)cc1)NCCc1ccccc1. The van der Waals surface area contributed by atoms with Crippen LogP contribution in [0.5, 0.6) is 5.75 Å². The van der Waals surface area contributed by atoms with Crippen LogP contribution in [0.25, 0.3) is 0 Å². The molecule has 1 atom stereocenters. The standard InChI is InChI=1S/C18H23NO/c1-15(7-8-17-9-11-18(20)12-10-17)19-14-13-16-5-3-2-4-6-16/h2-6,9-12,15,19-20H,7-8,13-14H2,1H3. The highest BCUT2D eigenvalue weighted by Gasteiger charge is 2.02. The Morgan fingerprint density at radius 2 is 1.55 bits per heavy atom. The summed E-state index contributed by atoms with van der Waals surface area (Å²) in [6, 6.07) is 18.6. The lowest BCUT2D eigenvalue weighted by Gasteiger charge is -2.13. The molecule has 0 aromatic heterocycles. The molecule has 0 amide bonds. The Bertz CT molecular complexity index is 493. The Morgan fingerprint density at radius 3 is 2.25 bits per heavy atom. The summed E-state index contributed by atoms with van der Waals surface area (Å²) in [6.07, 6.45) is 3.23. The highest BCUT2D eigenvalue weighted by Crippen LogP contribution is 2.11. The minimum absolute atomic E-state index is 0.336. The number of hydrogen-bond acceptors (Lipinski definition) is 2. The molecule has 2 rings (SSSR count). The molecule has 0 saturated heterocycles. The molecule has 2 heteroatoms. The highest BCUT2D eigenvalue weighted by molar-refractivity contribution is 5.25. The molecule has 0 radical (unpaired) electrons.